The largest absolute Gasteiger partial charge is 0.493 e. The Bertz CT molecular complexity index is 1450. The molecule has 1 aliphatic heterocycles. The molecule has 0 atom stereocenters. The average Bonchev–Trinajstić information content (AvgIpc) is 3.40. The quantitative estimate of drug-likeness (QED) is 0.481. The lowest BCUT2D eigenvalue weighted by molar-refractivity contribution is 0.407. The highest BCUT2D eigenvalue weighted by molar-refractivity contribution is 7.10. The van der Waals surface area contributed by atoms with Crippen LogP contribution in [0.3, 0.4) is 0 Å². The van der Waals surface area contributed by atoms with Crippen molar-refractivity contribution < 1.29 is 5.11 Å². The maximum absolute atomic E-state index is 11.1. The third-order valence-corrected chi connectivity index (χ3v) is 6.28. The molecule has 1 N–H and O–H groups in total. The fourth-order valence-electron chi connectivity index (χ4n) is 3.65. The molecule has 2 heterocycles. The van der Waals surface area contributed by atoms with Crippen molar-refractivity contribution in [1.29, 1.82) is 0 Å². The number of hydrogen-bond acceptors (Lipinski definition) is 5. The molecule has 158 valence electrons. The summed E-state index contributed by atoms with van der Waals surface area (Å²) >= 11 is 1.48. The smallest absolute Gasteiger partial charge is 0.211 e. The monoisotopic (exact) mass is 438 g/mol. The molecule has 5 nitrogen and oxygen atoms in total. The molecule has 0 spiro atoms. The highest BCUT2D eigenvalue weighted by atomic mass is 32.1. The molecule has 4 aromatic rings. The summed E-state index contributed by atoms with van der Waals surface area (Å²) < 4.78 is 1.91. The number of aromatic nitrogens is 1. The van der Waals surface area contributed by atoms with E-state index in [-0.39, 0.29) is 5.88 Å². The first-order valence-electron chi connectivity index (χ1n) is 10.5. The summed E-state index contributed by atoms with van der Waals surface area (Å²) in [7, 11) is 0. The fraction of sp³-hybridized carbons (Fsp3) is 0.115. The number of aryl methyl sites for hydroxylation is 1. The van der Waals surface area contributed by atoms with Crippen molar-refractivity contribution in [3.05, 3.63) is 105 Å². The standard InChI is InChI=1S/C26H22N4OS/c31-25-24(17-20-13-14-22-23(16-20)28-18-27-22)32-26(29-21-11-5-2-6-12-21)30(25)15-7-10-19-8-3-1-4-9-19/h1-6,8-9,11-14,16-18,31H,7,10,15H2/b20-17+,29-26?. The Kier molecular flexibility index (Phi) is 5.77. The third-order valence-electron chi connectivity index (χ3n) is 5.27. The van der Waals surface area contributed by atoms with Gasteiger partial charge >= 0.3 is 0 Å². The second-order valence-electron chi connectivity index (χ2n) is 7.53. The number of para-hydroxylation sites is 1. The van der Waals surface area contributed by atoms with E-state index >= 15 is 0 Å². The van der Waals surface area contributed by atoms with Crippen LogP contribution in [0.2, 0.25) is 0 Å². The van der Waals surface area contributed by atoms with Gasteiger partial charge in [-0.1, -0.05) is 65.9 Å². The van der Waals surface area contributed by atoms with Crippen LogP contribution in [-0.4, -0.2) is 16.0 Å². The summed E-state index contributed by atoms with van der Waals surface area (Å²) in [5.41, 5.74) is 3.01. The molecule has 0 aliphatic carbocycles. The number of aromatic hydroxyl groups is 1. The van der Waals surface area contributed by atoms with Crippen molar-refractivity contribution in [1.82, 2.24) is 4.57 Å². The molecule has 32 heavy (non-hydrogen) atoms. The molecule has 0 fully saturated rings. The lowest BCUT2D eigenvalue weighted by atomic mass is 10.1. The summed E-state index contributed by atoms with van der Waals surface area (Å²) in [5.74, 6) is 0.242. The minimum absolute atomic E-state index is 0.242. The van der Waals surface area contributed by atoms with E-state index in [4.69, 9.17) is 4.99 Å². The van der Waals surface area contributed by atoms with E-state index in [1.165, 1.54) is 16.9 Å². The molecule has 0 bridgehead atoms. The van der Waals surface area contributed by atoms with Crippen LogP contribution in [0.25, 0.3) is 6.08 Å². The first-order valence-corrected chi connectivity index (χ1v) is 11.4. The number of thiazole rings is 1. The molecule has 0 radical (unpaired) electrons. The fourth-order valence-corrected chi connectivity index (χ4v) is 4.68. The van der Waals surface area contributed by atoms with Crippen LogP contribution in [0, 0.1) is 0 Å². The highest BCUT2D eigenvalue weighted by Gasteiger charge is 2.11. The van der Waals surface area contributed by atoms with E-state index in [1.807, 2.05) is 65.2 Å². The topological polar surface area (TPSA) is 62.2 Å². The van der Waals surface area contributed by atoms with Crippen LogP contribution in [0.15, 0.2) is 93.8 Å². The van der Waals surface area contributed by atoms with Gasteiger partial charge in [0.25, 0.3) is 0 Å². The number of rotatable bonds is 6. The summed E-state index contributed by atoms with van der Waals surface area (Å²) in [5, 5.41) is 12.9. The zero-order chi connectivity index (χ0) is 21.8. The van der Waals surface area contributed by atoms with Gasteiger partial charge in [-0.15, -0.1) is 0 Å². The van der Waals surface area contributed by atoms with Gasteiger partial charge in [0.05, 0.1) is 21.6 Å². The van der Waals surface area contributed by atoms with Crippen molar-refractivity contribution in [2.75, 3.05) is 0 Å². The van der Waals surface area contributed by atoms with E-state index < -0.39 is 0 Å². The first kappa shape index (κ1) is 20.2. The lowest BCUT2D eigenvalue weighted by Crippen LogP contribution is -2.14. The van der Waals surface area contributed by atoms with Crippen molar-refractivity contribution in [3.63, 3.8) is 0 Å². The number of nitrogens with zero attached hydrogens (tertiary/aromatic N) is 4. The molecular formula is C26H22N4OS. The zero-order valence-electron chi connectivity index (χ0n) is 17.4. The predicted octanol–water partition coefficient (Wildman–Crippen LogP) is 4.24. The molecule has 3 aromatic carbocycles. The second kappa shape index (κ2) is 9.16. The van der Waals surface area contributed by atoms with Gasteiger partial charge < -0.3 is 5.11 Å². The molecule has 0 amide bonds. The Balaban J connectivity index is 1.51. The summed E-state index contributed by atoms with van der Waals surface area (Å²) in [4.78, 5) is 14.9. The Morgan fingerprint density at radius 2 is 1.75 bits per heavy atom. The van der Waals surface area contributed by atoms with E-state index in [0.717, 1.165) is 44.5 Å². The van der Waals surface area contributed by atoms with Crippen molar-refractivity contribution >= 4 is 35.1 Å². The van der Waals surface area contributed by atoms with Gasteiger partial charge in [-0.05, 0) is 54.0 Å². The number of hydrogen-bond donors (Lipinski definition) is 1. The Morgan fingerprint density at radius 1 is 0.969 bits per heavy atom. The van der Waals surface area contributed by atoms with E-state index in [1.54, 1.807) is 6.34 Å². The van der Waals surface area contributed by atoms with Gasteiger partial charge in [0.1, 0.15) is 6.34 Å². The van der Waals surface area contributed by atoms with Crippen LogP contribution in [0.4, 0.5) is 11.4 Å². The van der Waals surface area contributed by atoms with Gasteiger partial charge in [-0.2, -0.15) is 0 Å². The van der Waals surface area contributed by atoms with Crippen LogP contribution < -0.4 is 15.4 Å². The van der Waals surface area contributed by atoms with Crippen LogP contribution in [0.1, 0.15) is 16.9 Å². The van der Waals surface area contributed by atoms with Gasteiger partial charge in [-0.25, -0.2) is 15.0 Å². The summed E-state index contributed by atoms with van der Waals surface area (Å²) in [6.45, 7) is 0.685. The van der Waals surface area contributed by atoms with E-state index in [2.05, 4.69) is 34.3 Å². The Hall–Kier alpha value is -3.77. The maximum atomic E-state index is 11.1. The van der Waals surface area contributed by atoms with E-state index in [0.29, 0.717) is 6.54 Å². The molecule has 1 aliphatic rings. The van der Waals surface area contributed by atoms with E-state index in [9.17, 15) is 5.11 Å². The van der Waals surface area contributed by atoms with Gasteiger partial charge in [-0.3, -0.25) is 4.57 Å². The number of aliphatic imine (C=N–C) groups is 1. The van der Waals surface area contributed by atoms with Crippen molar-refractivity contribution in [2.45, 2.75) is 19.4 Å². The van der Waals surface area contributed by atoms with Crippen LogP contribution in [-0.2, 0) is 13.0 Å². The van der Waals surface area contributed by atoms with Crippen molar-refractivity contribution in [3.8, 4) is 5.88 Å². The average molecular weight is 439 g/mol. The minimum Gasteiger partial charge on any atom is -0.493 e. The zero-order valence-corrected chi connectivity index (χ0v) is 18.2. The molecule has 0 unspecified atom stereocenters. The third kappa shape index (κ3) is 4.45. The SMILES string of the molecule is Oc1c(/C=c2\ccc3c(c2)N=CN=3)sc(=Nc2ccccc2)n1CCCc1ccccc1. The molecule has 0 saturated carbocycles. The maximum Gasteiger partial charge on any atom is 0.211 e. The van der Waals surface area contributed by atoms with Crippen molar-refractivity contribution in [2.24, 2.45) is 15.0 Å². The minimum atomic E-state index is 0.242. The molecule has 6 heteroatoms. The van der Waals surface area contributed by atoms with Gasteiger partial charge in [0, 0.05) is 6.54 Å². The Labute approximate surface area is 189 Å². The molecule has 0 saturated heterocycles. The highest BCUT2D eigenvalue weighted by Crippen LogP contribution is 2.23. The van der Waals surface area contributed by atoms with Gasteiger partial charge in [0.15, 0.2) is 4.80 Å². The summed E-state index contributed by atoms with van der Waals surface area (Å²) in [6.07, 6.45) is 5.39. The number of fused-ring (bicyclic) bond motifs is 1. The normalized spacial score (nSPS) is 13.4. The van der Waals surface area contributed by atoms with Crippen LogP contribution >= 0.6 is 11.3 Å². The predicted molar refractivity (Wildman–Crippen MR) is 129 cm³/mol. The van der Waals surface area contributed by atoms with Gasteiger partial charge in [0.2, 0.25) is 5.88 Å². The van der Waals surface area contributed by atoms with Crippen LogP contribution in [0.5, 0.6) is 5.88 Å². The molecule has 1 aromatic heterocycles. The lowest BCUT2D eigenvalue weighted by Gasteiger charge is -2.06. The first-order chi connectivity index (χ1) is 15.8. The Morgan fingerprint density at radius 3 is 2.56 bits per heavy atom. The number of benzene rings is 3. The molecular weight excluding hydrogens is 416 g/mol. The second-order valence-corrected chi connectivity index (χ2v) is 8.54. The molecule has 5 rings (SSSR count). The summed E-state index contributed by atoms with van der Waals surface area (Å²) in [6, 6.07) is 26.2.